The minimum Gasteiger partial charge on any atom is -0.364 e. The Morgan fingerprint density at radius 1 is 1.56 bits per heavy atom. The molecule has 2 heteroatoms. The summed E-state index contributed by atoms with van der Waals surface area (Å²) < 4.78 is 0. The second-order valence-corrected chi connectivity index (χ2v) is 2.42. The first-order valence-electron chi connectivity index (χ1n) is 3.33. The highest BCUT2D eigenvalue weighted by Crippen LogP contribution is 2.19. The summed E-state index contributed by atoms with van der Waals surface area (Å²) in [5.41, 5.74) is 1.32. The molecule has 1 aromatic rings. The molecular formula is C7H10N2. The van der Waals surface area contributed by atoms with Crippen LogP contribution in [-0.2, 0) is 0 Å². The topological polar surface area (TPSA) is 27.8 Å². The predicted octanol–water partition coefficient (Wildman–Crippen LogP) is 1.05. The number of rotatable bonds is 1. The van der Waals surface area contributed by atoms with Crippen LogP contribution in [0.3, 0.4) is 0 Å². The number of aromatic amines is 1. The third-order valence-electron chi connectivity index (χ3n) is 1.82. The van der Waals surface area contributed by atoms with E-state index in [1.807, 2.05) is 12.3 Å². The molecular weight excluding hydrogens is 112 g/mol. The SMILES string of the molecule is c1c[nH]c([C@@H]2CCN2)c1. The van der Waals surface area contributed by atoms with Crippen LogP contribution in [0.15, 0.2) is 18.3 Å². The molecule has 2 nitrogen and oxygen atoms in total. The highest BCUT2D eigenvalue weighted by molar-refractivity contribution is 5.11. The molecule has 1 aromatic heterocycles. The first kappa shape index (κ1) is 5.06. The number of hydrogen-bond donors (Lipinski definition) is 2. The molecule has 0 aliphatic carbocycles. The van der Waals surface area contributed by atoms with E-state index in [0.717, 1.165) is 0 Å². The highest BCUT2D eigenvalue weighted by atomic mass is 15.0. The van der Waals surface area contributed by atoms with Crippen molar-refractivity contribution in [3.63, 3.8) is 0 Å². The first-order chi connectivity index (χ1) is 4.47. The van der Waals surface area contributed by atoms with Gasteiger partial charge in [-0.2, -0.15) is 0 Å². The van der Waals surface area contributed by atoms with Gasteiger partial charge in [-0.15, -0.1) is 0 Å². The third-order valence-corrected chi connectivity index (χ3v) is 1.82. The number of nitrogens with one attached hydrogen (secondary N) is 2. The summed E-state index contributed by atoms with van der Waals surface area (Å²) in [6.07, 6.45) is 3.25. The zero-order valence-electron chi connectivity index (χ0n) is 5.22. The fourth-order valence-electron chi connectivity index (χ4n) is 1.12. The summed E-state index contributed by atoms with van der Waals surface area (Å²) in [5.74, 6) is 0. The van der Waals surface area contributed by atoms with Gasteiger partial charge in [-0.1, -0.05) is 0 Å². The largest absolute Gasteiger partial charge is 0.364 e. The third kappa shape index (κ3) is 0.754. The van der Waals surface area contributed by atoms with E-state index in [4.69, 9.17) is 0 Å². The lowest BCUT2D eigenvalue weighted by Crippen LogP contribution is -2.35. The van der Waals surface area contributed by atoms with Crippen LogP contribution < -0.4 is 5.32 Å². The van der Waals surface area contributed by atoms with Crippen LogP contribution in [0, 0.1) is 0 Å². The Hall–Kier alpha value is -0.760. The Morgan fingerprint density at radius 2 is 2.44 bits per heavy atom. The van der Waals surface area contributed by atoms with E-state index in [-0.39, 0.29) is 0 Å². The predicted molar refractivity (Wildman–Crippen MR) is 36.2 cm³/mol. The smallest absolute Gasteiger partial charge is 0.0484 e. The van der Waals surface area contributed by atoms with Crippen molar-refractivity contribution in [1.29, 1.82) is 0 Å². The van der Waals surface area contributed by atoms with Crippen LogP contribution in [0.2, 0.25) is 0 Å². The summed E-state index contributed by atoms with van der Waals surface area (Å²) >= 11 is 0. The van der Waals surface area contributed by atoms with Crippen molar-refractivity contribution in [3.05, 3.63) is 24.0 Å². The summed E-state index contributed by atoms with van der Waals surface area (Å²) in [7, 11) is 0. The Labute approximate surface area is 54.3 Å². The lowest BCUT2D eigenvalue weighted by molar-refractivity contribution is 0.376. The Balaban J connectivity index is 2.14. The van der Waals surface area contributed by atoms with Crippen LogP contribution >= 0.6 is 0 Å². The molecule has 0 unspecified atom stereocenters. The number of aromatic nitrogens is 1. The fraction of sp³-hybridized carbons (Fsp3) is 0.429. The summed E-state index contributed by atoms with van der Waals surface area (Å²) in [6.45, 7) is 1.17. The Morgan fingerprint density at radius 3 is 2.89 bits per heavy atom. The van der Waals surface area contributed by atoms with E-state index in [2.05, 4.69) is 16.4 Å². The van der Waals surface area contributed by atoms with Gasteiger partial charge in [0.2, 0.25) is 0 Å². The molecule has 1 atom stereocenters. The standard InChI is InChI=1S/C7H10N2/c1-2-6(8-4-1)7-3-5-9-7/h1-2,4,7-9H,3,5H2/t7-/m0/s1. The van der Waals surface area contributed by atoms with Crippen molar-refractivity contribution in [2.45, 2.75) is 12.5 Å². The molecule has 1 saturated heterocycles. The van der Waals surface area contributed by atoms with Gasteiger partial charge in [0.1, 0.15) is 0 Å². The Bertz CT molecular complexity index is 175. The molecule has 1 fully saturated rings. The van der Waals surface area contributed by atoms with Crippen LogP contribution in [0.4, 0.5) is 0 Å². The fourth-order valence-corrected chi connectivity index (χ4v) is 1.12. The minimum atomic E-state index is 0.611. The molecule has 2 rings (SSSR count). The van der Waals surface area contributed by atoms with Crippen molar-refractivity contribution >= 4 is 0 Å². The molecule has 2 heterocycles. The van der Waals surface area contributed by atoms with Crippen molar-refractivity contribution in [2.24, 2.45) is 0 Å². The van der Waals surface area contributed by atoms with Gasteiger partial charge in [-0.3, -0.25) is 0 Å². The molecule has 0 bridgehead atoms. The van der Waals surface area contributed by atoms with E-state index in [9.17, 15) is 0 Å². The molecule has 0 radical (unpaired) electrons. The quantitative estimate of drug-likeness (QED) is 0.572. The number of hydrogen-bond acceptors (Lipinski definition) is 1. The van der Waals surface area contributed by atoms with Crippen LogP contribution in [0.1, 0.15) is 18.2 Å². The Kier molecular flexibility index (Phi) is 1.06. The molecule has 1 aliphatic rings. The first-order valence-corrected chi connectivity index (χ1v) is 3.33. The molecule has 9 heavy (non-hydrogen) atoms. The molecule has 48 valence electrons. The van der Waals surface area contributed by atoms with E-state index in [1.54, 1.807) is 0 Å². The van der Waals surface area contributed by atoms with Crippen LogP contribution in [0.5, 0.6) is 0 Å². The second-order valence-electron chi connectivity index (χ2n) is 2.42. The minimum absolute atomic E-state index is 0.611. The van der Waals surface area contributed by atoms with Crippen LogP contribution in [0.25, 0.3) is 0 Å². The summed E-state index contributed by atoms with van der Waals surface area (Å²) in [4.78, 5) is 3.18. The van der Waals surface area contributed by atoms with Crippen molar-refractivity contribution in [2.75, 3.05) is 6.54 Å². The summed E-state index contributed by atoms with van der Waals surface area (Å²) in [5, 5.41) is 3.32. The maximum atomic E-state index is 3.32. The average Bonchev–Trinajstić information content (AvgIpc) is 2.11. The van der Waals surface area contributed by atoms with Gasteiger partial charge in [0.25, 0.3) is 0 Å². The molecule has 0 saturated carbocycles. The lowest BCUT2D eigenvalue weighted by atomic mass is 10.0. The van der Waals surface area contributed by atoms with Crippen LogP contribution in [-0.4, -0.2) is 11.5 Å². The monoisotopic (exact) mass is 122 g/mol. The second kappa shape index (κ2) is 1.88. The van der Waals surface area contributed by atoms with Crippen molar-refractivity contribution < 1.29 is 0 Å². The highest BCUT2D eigenvalue weighted by Gasteiger charge is 2.17. The average molecular weight is 122 g/mol. The van der Waals surface area contributed by atoms with Gasteiger partial charge in [-0.25, -0.2) is 0 Å². The van der Waals surface area contributed by atoms with E-state index in [1.165, 1.54) is 18.7 Å². The van der Waals surface area contributed by atoms with Gasteiger partial charge in [-0.05, 0) is 25.1 Å². The lowest BCUT2D eigenvalue weighted by Gasteiger charge is -2.26. The van der Waals surface area contributed by atoms with Crippen molar-refractivity contribution in [1.82, 2.24) is 10.3 Å². The van der Waals surface area contributed by atoms with Gasteiger partial charge >= 0.3 is 0 Å². The molecule has 0 spiro atoms. The van der Waals surface area contributed by atoms with E-state index >= 15 is 0 Å². The summed E-state index contributed by atoms with van der Waals surface area (Å²) in [6, 6.07) is 4.77. The van der Waals surface area contributed by atoms with E-state index in [0.29, 0.717) is 6.04 Å². The molecule has 0 amide bonds. The maximum absolute atomic E-state index is 3.32. The molecule has 2 N–H and O–H groups in total. The van der Waals surface area contributed by atoms with Gasteiger partial charge < -0.3 is 10.3 Å². The number of H-pyrrole nitrogens is 1. The zero-order valence-corrected chi connectivity index (χ0v) is 5.22. The van der Waals surface area contributed by atoms with E-state index < -0.39 is 0 Å². The maximum Gasteiger partial charge on any atom is 0.0484 e. The van der Waals surface area contributed by atoms with Crippen molar-refractivity contribution in [3.8, 4) is 0 Å². The molecule has 1 aliphatic heterocycles. The normalized spacial score (nSPS) is 25.6. The van der Waals surface area contributed by atoms with Gasteiger partial charge in [0, 0.05) is 17.9 Å². The zero-order chi connectivity index (χ0) is 6.10. The van der Waals surface area contributed by atoms with Gasteiger partial charge in [0.05, 0.1) is 0 Å². The molecule has 0 aromatic carbocycles. The van der Waals surface area contributed by atoms with Gasteiger partial charge in [0.15, 0.2) is 0 Å².